The second kappa shape index (κ2) is 6.00. The van der Waals surface area contributed by atoms with E-state index in [1.807, 2.05) is 12.2 Å². The van der Waals surface area contributed by atoms with Crippen molar-refractivity contribution in [2.24, 2.45) is 22.7 Å². The van der Waals surface area contributed by atoms with Gasteiger partial charge in [-0.15, -0.1) is 0 Å². The van der Waals surface area contributed by atoms with Gasteiger partial charge in [0.2, 0.25) is 0 Å². The summed E-state index contributed by atoms with van der Waals surface area (Å²) in [5.74, 6) is 0.296. The zero-order chi connectivity index (χ0) is 18.5. The molecule has 2 saturated carbocycles. The lowest BCUT2D eigenvalue weighted by molar-refractivity contribution is -0.188. The Morgan fingerprint density at radius 1 is 1.19 bits per heavy atom. The van der Waals surface area contributed by atoms with Gasteiger partial charge in [-0.1, -0.05) is 38.2 Å². The van der Waals surface area contributed by atoms with Gasteiger partial charge in [-0.3, -0.25) is 0 Å². The number of rotatable bonds is 2. The molecule has 5 atom stereocenters. The van der Waals surface area contributed by atoms with E-state index >= 15 is 0 Å². The molecule has 3 fully saturated rings. The van der Waals surface area contributed by atoms with Gasteiger partial charge in [0, 0.05) is 11.3 Å². The molecule has 2 aliphatic heterocycles. The van der Waals surface area contributed by atoms with Gasteiger partial charge < -0.3 is 14.2 Å². The third-order valence-electron chi connectivity index (χ3n) is 7.14. The predicted octanol–water partition coefficient (Wildman–Crippen LogP) is 3.95. The molecule has 0 aromatic carbocycles. The fourth-order valence-corrected chi connectivity index (χ4v) is 5.72. The summed E-state index contributed by atoms with van der Waals surface area (Å²) in [4.78, 5) is 23.3. The van der Waals surface area contributed by atoms with E-state index in [1.54, 1.807) is 0 Å². The molecule has 0 aromatic rings. The number of ether oxygens (including phenoxy) is 3. The first kappa shape index (κ1) is 17.4. The standard InChI is InChI=1S/C21H26O5/c1-13-4-7-16-20(2,15(13)6-5-14-9-11-24-18(14)22)10-8-17-21(16,3)12-25-19(23)26-17/h5-6,9,15-17H,1,4,7-8,10-12H2,2-3H3/b6-5+/t15?,16?,17?,20-,21+/m1/s1. The van der Waals surface area contributed by atoms with Gasteiger partial charge in [0.25, 0.3) is 0 Å². The number of fused-ring (bicyclic) bond motifs is 3. The molecule has 0 amide bonds. The largest absolute Gasteiger partial charge is 0.508 e. The topological polar surface area (TPSA) is 61.8 Å². The molecule has 2 aliphatic carbocycles. The van der Waals surface area contributed by atoms with Crippen LogP contribution >= 0.6 is 0 Å². The van der Waals surface area contributed by atoms with E-state index in [2.05, 4.69) is 26.5 Å². The van der Waals surface area contributed by atoms with Gasteiger partial charge in [0.1, 0.15) is 19.3 Å². The average molecular weight is 358 g/mol. The van der Waals surface area contributed by atoms with Gasteiger partial charge >= 0.3 is 12.1 Å². The fraction of sp³-hybridized carbons (Fsp3) is 0.619. The van der Waals surface area contributed by atoms with E-state index in [0.29, 0.717) is 24.7 Å². The molecule has 140 valence electrons. The molecule has 4 rings (SSSR count). The zero-order valence-corrected chi connectivity index (χ0v) is 15.5. The second-order valence-corrected chi connectivity index (χ2v) is 8.54. The van der Waals surface area contributed by atoms with Crippen LogP contribution < -0.4 is 0 Å². The van der Waals surface area contributed by atoms with Crippen LogP contribution in [0.5, 0.6) is 0 Å². The van der Waals surface area contributed by atoms with Crippen molar-refractivity contribution in [1.29, 1.82) is 0 Å². The summed E-state index contributed by atoms with van der Waals surface area (Å²) in [7, 11) is 0. The Hall–Kier alpha value is -2.04. The summed E-state index contributed by atoms with van der Waals surface area (Å²) in [6, 6.07) is 0. The lowest BCUT2D eigenvalue weighted by Gasteiger charge is -2.60. The summed E-state index contributed by atoms with van der Waals surface area (Å²) in [6.45, 7) is 9.61. The molecular formula is C21H26O5. The van der Waals surface area contributed by atoms with Crippen molar-refractivity contribution in [1.82, 2.24) is 0 Å². The van der Waals surface area contributed by atoms with Crippen LogP contribution in [0.2, 0.25) is 0 Å². The third kappa shape index (κ3) is 2.51. The van der Waals surface area contributed by atoms with Crippen molar-refractivity contribution >= 4 is 12.1 Å². The molecule has 0 spiro atoms. The average Bonchev–Trinajstić information content (AvgIpc) is 3.00. The van der Waals surface area contributed by atoms with Crippen LogP contribution in [0.15, 0.2) is 36.0 Å². The maximum Gasteiger partial charge on any atom is 0.508 e. The van der Waals surface area contributed by atoms with Crippen LogP contribution in [0, 0.1) is 22.7 Å². The molecular weight excluding hydrogens is 332 g/mol. The van der Waals surface area contributed by atoms with Gasteiger partial charge in [0.05, 0.1) is 5.57 Å². The first-order chi connectivity index (χ1) is 12.3. The molecule has 4 aliphatic rings. The maximum absolute atomic E-state index is 11.7. The Morgan fingerprint density at radius 2 is 2.00 bits per heavy atom. The smallest absolute Gasteiger partial charge is 0.458 e. The molecule has 3 unspecified atom stereocenters. The lowest BCUT2D eigenvalue weighted by Crippen LogP contribution is -2.60. The number of allylic oxidation sites excluding steroid dienone is 2. The lowest BCUT2D eigenvalue weighted by atomic mass is 9.46. The van der Waals surface area contributed by atoms with Gasteiger partial charge in [-0.25, -0.2) is 9.59 Å². The molecule has 5 nitrogen and oxygen atoms in total. The van der Waals surface area contributed by atoms with E-state index in [9.17, 15) is 9.59 Å². The fourth-order valence-electron chi connectivity index (χ4n) is 5.72. The summed E-state index contributed by atoms with van der Waals surface area (Å²) in [5.41, 5.74) is 1.66. The molecule has 0 radical (unpaired) electrons. The highest BCUT2D eigenvalue weighted by atomic mass is 16.7. The van der Waals surface area contributed by atoms with Crippen LogP contribution in [0.4, 0.5) is 4.79 Å². The first-order valence-electron chi connectivity index (χ1n) is 9.41. The van der Waals surface area contributed by atoms with Crippen LogP contribution in [-0.2, 0) is 19.0 Å². The quantitative estimate of drug-likeness (QED) is 0.552. The van der Waals surface area contributed by atoms with E-state index in [4.69, 9.17) is 14.2 Å². The highest BCUT2D eigenvalue weighted by Crippen LogP contribution is 2.62. The minimum absolute atomic E-state index is 0.00720. The zero-order valence-electron chi connectivity index (χ0n) is 15.5. The molecule has 0 aromatic heterocycles. The predicted molar refractivity (Wildman–Crippen MR) is 95.2 cm³/mol. The number of carbonyl (C=O) groups is 2. The number of esters is 1. The van der Waals surface area contributed by atoms with Crippen LogP contribution in [0.3, 0.4) is 0 Å². The number of hydrogen-bond acceptors (Lipinski definition) is 5. The molecule has 0 bridgehead atoms. The van der Waals surface area contributed by atoms with Crippen molar-refractivity contribution in [3.05, 3.63) is 36.0 Å². The second-order valence-electron chi connectivity index (χ2n) is 8.54. The summed E-state index contributed by atoms with van der Waals surface area (Å²) < 4.78 is 15.8. The first-order valence-corrected chi connectivity index (χ1v) is 9.41. The van der Waals surface area contributed by atoms with E-state index in [0.717, 1.165) is 25.7 Å². The number of cyclic esters (lactones) is 2. The van der Waals surface area contributed by atoms with Crippen molar-refractivity contribution in [2.75, 3.05) is 13.2 Å². The van der Waals surface area contributed by atoms with Crippen molar-refractivity contribution in [3.8, 4) is 0 Å². The minimum atomic E-state index is -0.542. The minimum Gasteiger partial charge on any atom is -0.458 e. The Bertz CT molecular complexity index is 720. The monoisotopic (exact) mass is 358 g/mol. The summed E-state index contributed by atoms with van der Waals surface area (Å²) >= 11 is 0. The molecule has 2 heterocycles. The van der Waals surface area contributed by atoms with Gasteiger partial charge in [0.15, 0.2) is 0 Å². The molecule has 1 saturated heterocycles. The third-order valence-corrected chi connectivity index (χ3v) is 7.14. The normalized spacial score (nSPS) is 42.5. The highest BCUT2D eigenvalue weighted by Gasteiger charge is 2.60. The van der Waals surface area contributed by atoms with Gasteiger partial charge in [-0.2, -0.15) is 0 Å². The molecule has 26 heavy (non-hydrogen) atoms. The summed E-state index contributed by atoms with van der Waals surface area (Å²) in [6.07, 6.45) is 8.98. The molecule has 5 heteroatoms. The SMILES string of the molecule is C=C1CCC2[C@]3(C)COC(=O)OC3CC[C@]2(C)C1/C=C/C1=CCOC1=O. The Labute approximate surface area is 154 Å². The van der Waals surface area contributed by atoms with Crippen molar-refractivity contribution in [2.45, 2.75) is 45.6 Å². The van der Waals surface area contributed by atoms with Crippen molar-refractivity contribution in [3.63, 3.8) is 0 Å². The van der Waals surface area contributed by atoms with Crippen LogP contribution in [0.1, 0.15) is 39.5 Å². The number of hydrogen-bond donors (Lipinski definition) is 0. The van der Waals surface area contributed by atoms with E-state index in [-0.39, 0.29) is 28.8 Å². The van der Waals surface area contributed by atoms with E-state index in [1.165, 1.54) is 5.57 Å². The van der Waals surface area contributed by atoms with Crippen LogP contribution in [-0.4, -0.2) is 31.4 Å². The van der Waals surface area contributed by atoms with Crippen molar-refractivity contribution < 1.29 is 23.8 Å². The van der Waals surface area contributed by atoms with Crippen LogP contribution in [0.25, 0.3) is 0 Å². The Morgan fingerprint density at radius 3 is 2.73 bits per heavy atom. The molecule has 0 N–H and O–H groups in total. The van der Waals surface area contributed by atoms with E-state index < -0.39 is 6.16 Å². The number of carbonyl (C=O) groups excluding carboxylic acids is 2. The maximum atomic E-state index is 11.7. The van der Waals surface area contributed by atoms with Gasteiger partial charge in [-0.05, 0) is 43.1 Å². The summed E-state index contributed by atoms with van der Waals surface area (Å²) in [5, 5.41) is 0. The Kier molecular flexibility index (Phi) is 4.01. The highest BCUT2D eigenvalue weighted by molar-refractivity contribution is 5.93. The Balaban J connectivity index is 1.64.